The summed E-state index contributed by atoms with van der Waals surface area (Å²) in [5.41, 5.74) is 2.76. The van der Waals surface area contributed by atoms with E-state index < -0.39 is 0 Å². The van der Waals surface area contributed by atoms with Crippen LogP contribution in [0.25, 0.3) is 10.2 Å². The van der Waals surface area contributed by atoms with E-state index in [0.717, 1.165) is 23.2 Å². The number of thiazole rings is 1. The molecule has 2 heterocycles. The molecule has 0 fully saturated rings. The van der Waals surface area contributed by atoms with Crippen molar-refractivity contribution in [2.45, 2.75) is 26.8 Å². The zero-order valence-electron chi connectivity index (χ0n) is 12.9. The van der Waals surface area contributed by atoms with E-state index in [-0.39, 0.29) is 5.91 Å². The summed E-state index contributed by atoms with van der Waals surface area (Å²) < 4.78 is 4.82. The molecule has 22 heavy (non-hydrogen) atoms. The van der Waals surface area contributed by atoms with Crippen molar-refractivity contribution in [3.05, 3.63) is 46.5 Å². The van der Waals surface area contributed by atoms with Gasteiger partial charge in [-0.25, -0.2) is 0 Å². The Morgan fingerprint density at radius 1 is 1.32 bits per heavy atom. The van der Waals surface area contributed by atoms with Crippen LogP contribution in [-0.2, 0) is 20.0 Å². The second kappa shape index (κ2) is 5.88. The molecule has 3 rings (SSSR count). The Balaban J connectivity index is 2.04. The fourth-order valence-electron chi connectivity index (χ4n) is 2.30. The normalized spacial score (nSPS) is 12.2. The summed E-state index contributed by atoms with van der Waals surface area (Å²) >= 11 is 1.53. The topological polar surface area (TPSA) is 52.2 Å². The highest BCUT2D eigenvalue weighted by atomic mass is 32.1. The number of fused-ring (bicyclic) bond motifs is 1. The van der Waals surface area contributed by atoms with Crippen LogP contribution < -0.4 is 4.80 Å². The van der Waals surface area contributed by atoms with Crippen molar-refractivity contribution in [1.82, 2.24) is 14.3 Å². The number of hydrogen-bond donors (Lipinski definition) is 0. The predicted octanol–water partition coefficient (Wildman–Crippen LogP) is 2.76. The van der Waals surface area contributed by atoms with E-state index in [9.17, 15) is 4.79 Å². The molecule has 6 heteroatoms. The second-order valence-corrected chi connectivity index (χ2v) is 6.08. The zero-order chi connectivity index (χ0) is 15.7. The Kier molecular flexibility index (Phi) is 3.94. The lowest BCUT2D eigenvalue weighted by molar-refractivity contribution is 0.0992. The first kappa shape index (κ1) is 14.7. The highest BCUT2D eigenvalue weighted by Gasteiger charge is 2.10. The lowest BCUT2D eigenvalue weighted by Crippen LogP contribution is -2.13. The average molecular weight is 314 g/mol. The van der Waals surface area contributed by atoms with Gasteiger partial charge in [0.25, 0.3) is 5.91 Å². The van der Waals surface area contributed by atoms with Crippen LogP contribution in [0.4, 0.5) is 0 Å². The quantitative estimate of drug-likeness (QED) is 0.746. The molecule has 0 radical (unpaired) electrons. The Hall–Kier alpha value is -2.21. The molecule has 1 aromatic carbocycles. The summed E-state index contributed by atoms with van der Waals surface area (Å²) in [6, 6.07) is 8.07. The first-order valence-electron chi connectivity index (χ1n) is 7.33. The predicted molar refractivity (Wildman–Crippen MR) is 88.0 cm³/mol. The number of aromatic nitrogens is 3. The Bertz CT molecular complexity index is 900. The number of amides is 1. The van der Waals surface area contributed by atoms with Gasteiger partial charge in [0.2, 0.25) is 0 Å². The number of hydrogen-bond acceptors (Lipinski definition) is 3. The third-order valence-electron chi connectivity index (χ3n) is 3.66. The molecule has 2 aromatic heterocycles. The van der Waals surface area contributed by atoms with E-state index in [0.29, 0.717) is 10.5 Å². The smallest absolute Gasteiger partial charge is 0.300 e. The first-order chi connectivity index (χ1) is 10.6. The van der Waals surface area contributed by atoms with Gasteiger partial charge in [-0.05, 0) is 37.1 Å². The van der Waals surface area contributed by atoms with Gasteiger partial charge in [-0.3, -0.25) is 9.48 Å². The zero-order valence-corrected chi connectivity index (χ0v) is 13.7. The molecule has 1 amide bonds. The van der Waals surface area contributed by atoms with E-state index in [1.165, 1.54) is 16.9 Å². The summed E-state index contributed by atoms with van der Waals surface area (Å²) in [6.07, 6.45) is 2.79. The summed E-state index contributed by atoms with van der Waals surface area (Å²) in [6.45, 7) is 4.85. The first-order valence-corrected chi connectivity index (χ1v) is 8.15. The van der Waals surface area contributed by atoms with Crippen molar-refractivity contribution in [2.75, 3.05) is 0 Å². The number of nitrogens with zero attached hydrogens (tertiary/aromatic N) is 4. The lowest BCUT2D eigenvalue weighted by Gasteiger charge is -1.97. The number of carbonyl (C=O) groups excluding carboxylic acids is 1. The maximum atomic E-state index is 12.2. The molecule has 5 nitrogen and oxygen atoms in total. The van der Waals surface area contributed by atoms with E-state index >= 15 is 0 Å². The molecule has 0 atom stereocenters. The van der Waals surface area contributed by atoms with Crippen LogP contribution in [-0.4, -0.2) is 20.3 Å². The van der Waals surface area contributed by atoms with Gasteiger partial charge < -0.3 is 4.57 Å². The highest BCUT2D eigenvalue weighted by molar-refractivity contribution is 7.16. The molecule has 0 spiro atoms. The van der Waals surface area contributed by atoms with Gasteiger partial charge in [-0.2, -0.15) is 10.1 Å². The SMILES string of the molecule is CCc1ccc2c(c1)sc(=NC(=O)c1ccn(CC)n1)n2C. The maximum Gasteiger partial charge on any atom is 0.300 e. The summed E-state index contributed by atoms with van der Waals surface area (Å²) in [4.78, 5) is 17.2. The Labute approximate surface area is 132 Å². The summed E-state index contributed by atoms with van der Waals surface area (Å²) in [5, 5.41) is 4.20. The number of carbonyl (C=O) groups is 1. The van der Waals surface area contributed by atoms with Gasteiger partial charge in [0, 0.05) is 19.8 Å². The lowest BCUT2D eigenvalue weighted by atomic mass is 10.2. The van der Waals surface area contributed by atoms with Crippen molar-refractivity contribution >= 4 is 27.5 Å². The van der Waals surface area contributed by atoms with Crippen molar-refractivity contribution in [2.24, 2.45) is 12.0 Å². The minimum absolute atomic E-state index is 0.301. The van der Waals surface area contributed by atoms with Crippen LogP contribution in [0.1, 0.15) is 29.9 Å². The van der Waals surface area contributed by atoms with E-state index in [2.05, 4.69) is 35.2 Å². The maximum absolute atomic E-state index is 12.2. The largest absolute Gasteiger partial charge is 0.319 e. The highest BCUT2D eigenvalue weighted by Crippen LogP contribution is 2.18. The van der Waals surface area contributed by atoms with Crippen molar-refractivity contribution in [3.8, 4) is 0 Å². The van der Waals surface area contributed by atoms with E-state index in [4.69, 9.17) is 0 Å². The molecule has 0 bridgehead atoms. The molecule has 0 aliphatic rings. The fraction of sp³-hybridized carbons (Fsp3) is 0.312. The van der Waals surface area contributed by atoms with Gasteiger partial charge in [0.1, 0.15) is 0 Å². The van der Waals surface area contributed by atoms with Crippen LogP contribution in [0.5, 0.6) is 0 Å². The summed E-state index contributed by atoms with van der Waals surface area (Å²) in [5.74, 6) is -0.301. The number of benzene rings is 1. The molecule has 0 aliphatic heterocycles. The van der Waals surface area contributed by atoms with Crippen LogP contribution in [0, 0.1) is 0 Å². The standard InChI is InChI=1S/C16H18N4OS/c1-4-11-6-7-13-14(10-11)22-16(19(13)3)17-15(21)12-8-9-20(5-2)18-12/h6-10H,4-5H2,1-3H3. The molecule has 114 valence electrons. The van der Waals surface area contributed by atoms with Crippen LogP contribution >= 0.6 is 11.3 Å². The van der Waals surface area contributed by atoms with Crippen molar-refractivity contribution in [3.63, 3.8) is 0 Å². The molecule has 3 aromatic rings. The second-order valence-electron chi connectivity index (χ2n) is 5.07. The molecule has 0 saturated heterocycles. The molecule has 0 aliphatic carbocycles. The van der Waals surface area contributed by atoms with Crippen LogP contribution in [0.3, 0.4) is 0 Å². The summed E-state index contributed by atoms with van der Waals surface area (Å²) in [7, 11) is 1.93. The van der Waals surface area contributed by atoms with Gasteiger partial charge in [0.05, 0.1) is 10.2 Å². The Morgan fingerprint density at radius 2 is 2.14 bits per heavy atom. The van der Waals surface area contributed by atoms with E-state index in [1.54, 1.807) is 16.9 Å². The molecule has 0 unspecified atom stereocenters. The molecular weight excluding hydrogens is 296 g/mol. The fourth-order valence-corrected chi connectivity index (χ4v) is 3.38. The van der Waals surface area contributed by atoms with Crippen LogP contribution in [0.15, 0.2) is 35.5 Å². The Morgan fingerprint density at radius 3 is 2.82 bits per heavy atom. The molecule has 0 saturated carbocycles. The molecule has 0 N–H and O–H groups in total. The third-order valence-corrected chi connectivity index (χ3v) is 4.76. The number of aryl methyl sites for hydroxylation is 3. The van der Waals surface area contributed by atoms with Crippen LogP contribution in [0.2, 0.25) is 0 Å². The van der Waals surface area contributed by atoms with Gasteiger partial charge in [-0.1, -0.05) is 24.3 Å². The van der Waals surface area contributed by atoms with Crippen molar-refractivity contribution in [1.29, 1.82) is 0 Å². The van der Waals surface area contributed by atoms with E-state index in [1.807, 2.05) is 18.5 Å². The average Bonchev–Trinajstić information content (AvgIpc) is 3.12. The van der Waals surface area contributed by atoms with Crippen molar-refractivity contribution < 1.29 is 4.79 Å². The van der Waals surface area contributed by atoms with Gasteiger partial charge in [-0.15, -0.1) is 0 Å². The monoisotopic (exact) mass is 314 g/mol. The minimum Gasteiger partial charge on any atom is -0.319 e. The third kappa shape index (κ3) is 2.62. The minimum atomic E-state index is -0.301. The van der Waals surface area contributed by atoms with Gasteiger partial charge >= 0.3 is 0 Å². The van der Waals surface area contributed by atoms with Gasteiger partial charge in [0.15, 0.2) is 10.5 Å². The number of rotatable bonds is 3. The molecular formula is C16H18N4OS.